The van der Waals surface area contributed by atoms with Gasteiger partial charge in [-0.1, -0.05) is 0 Å². The summed E-state index contributed by atoms with van der Waals surface area (Å²) >= 11 is 3.38. The van der Waals surface area contributed by atoms with Gasteiger partial charge in [0.2, 0.25) is 0 Å². The molecule has 0 aromatic carbocycles. The fraction of sp³-hybridized carbons (Fsp3) is 0.200. The molecule has 0 aliphatic carbocycles. The number of pyridine rings is 1. The lowest BCUT2D eigenvalue weighted by Gasteiger charge is -1.98. The normalized spacial score (nSPS) is 10.6. The summed E-state index contributed by atoms with van der Waals surface area (Å²) in [6, 6.07) is 5.58. The van der Waals surface area contributed by atoms with Gasteiger partial charge in [-0.05, 0) is 46.6 Å². The van der Waals surface area contributed by atoms with Crippen LogP contribution in [0.4, 0.5) is 0 Å². The molecular formula is C10H9BrN2O2. The second-order valence-corrected chi connectivity index (χ2v) is 4.03. The summed E-state index contributed by atoms with van der Waals surface area (Å²) < 4.78 is 7.07. The van der Waals surface area contributed by atoms with E-state index in [1.165, 1.54) is 7.11 Å². The molecule has 0 aliphatic heterocycles. The highest BCUT2D eigenvalue weighted by atomic mass is 79.9. The predicted molar refractivity (Wildman–Crippen MR) is 59.0 cm³/mol. The number of hydrogen-bond donors (Lipinski definition) is 0. The summed E-state index contributed by atoms with van der Waals surface area (Å²) in [5.74, 6) is -0.428. The molecule has 2 heterocycles. The van der Waals surface area contributed by atoms with Gasteiger partial charge in [-0.3, -0.25) is 0 Å². The van der Waals surface area contributed by atoms with E-state index in [4.69, 9.17) is 0 Å². The monoisotopic (exact) mass is 268 g/mol. The Kier molecular flexibility index (Phi) is 2.48. The summed E-state index contributed by atoms with van der Waals surface area (Å²) in [6.07, 6.45) is 0. The number of aromatic nitrogens is 2. The van der Waals surface area contributed by atoms with Crippen LogP contribution in [0.15, 0.2) is 22.8 Å². The van der Waals surface area contributed by atoms with Crippen molar-refractivity contribution < 1.29 is 9.53 Å². The Balaban J connectivity index is 2.65. The minimum absolute atomic E-state index is 0.309. The molecule has 0 N–H and O–H groups in total. The van der Waals surface area contributed by atoms with Crippen LogP contribution in [0, 0.1) is 6.92 Å². The Labute approximate surface area is 95.0 Å². The molecule has 0 aliphatic rings. The van der Waals surface area contributed by atoms with Crippen LogP contribution >= 0.6 is 15.9 Å². The number of ether oxygens (including phenoxy) is 1. The van der Waals surface area contributed by atoms with Gasteiger partial charge in [0, 0.05) is 0 Å². The zero-order valence-corrected chi connectivity index (χ0v) is 9.91. The average Bonchev–Trinajstić information content (AvgIpc) is 2.60. The third-order valence-electron chi connectivity index (χ3n) is 2.06. The lowest BCUT2D eigenvalue weighted by molar-refractivity contribution is 0.0593. The lowest BCUT2D eigenvalue weighted by Crippen LogP contribution is -2.02. The van der Waals surface area contributed by atoms with Crippen molar-refractivity contribution in [2.45, 2.75) is 6.92 Å². The molecule has 4 nitrogen and oxygen atoms in total. The number of aryl methyl sites for hydroxylation is 1. The van der Waals surface area contributed by atoms with Crippen LogP contribution in [-0.2, 0) is 4.74 Å². The van der Waals surface area contributed by atoms with Crippen LogP contribution < -0.4 is 0 Å². The Morgan fingerprint density at radius 2 is 2.20 bits per heavy atom. The van der Waals surface area contributed by atoms with Gasteiger partial charge in [-0.25, -0.2) is 9.31 Å². The summed E-state index contributed by atoms with van der Waals surface area (Å²) in [7, 11) is 1.34. The number of hydrogen-bond acceptors (Lipinski definition) is 3. The summed E-state index contributed by atoms with van der Waals surface area (Å²) in [5.41, 5.74) is 2.27. The maximum atomic E-state index is 11.3. The fourth-order valence-electron chi connectivity index (χ4n) is 1.40. The van der Waals surface area contributed by atoms with Gasteiger partial charge in [0.15, 0.2) is 5.69 Å². The molecule has 0 unspecified atom stereocenters. The molecule has 15 heavy (non-hydrogen) atoms. The van der Waals surface area contributed by atoms with E-state index in [1.54, 1.807) is 10.6 Å². The number of halogens is 1. The molecule has 0 atom stereocenters. The quantitative estimate of drug-likeness (QED) is 0.588. The Hall–Kier alpha value is -1.36. The van der Waals surface area contributed by atoms with Crippen molar-refractivity contribution in [2.75, 3.05) is 7.11 Å². The van der Waals surface area contributed by atoms with E-state index in [1.807, 2.05) is 19.1 Å². The standard InChI is InChI=1S/C10H9BrN2O2/c1-6-3-7-5-8(10(14)15-2)12-13(7)9(11)4-6/h3-5H,1-2H3. The maximum Gasteiger partial charge on any atom is 0.358 e. The molecule has 78 valence electrons. The van der Waals surface area contributed by atoms with Crippen molar-refractivity contribution in [3.05, 3.63) is 34.1 Å². The second kappa shape index (κ2) is 3.66. The maximum absolute atomic E-state index is 11.3. The number of fused-ring (bicyclic) bond motifs is 1. The van der Waals surface area contributed by atoms with Crippen molar-refractivity contribution in [1.82, 2.24) is 9.61 Å². The number of rotatable bonds is 1. The summed E-state index contributed by atoms with van der Waals surface area (Å²) in [4.78, 5) is 11.3. The van der Waals surface area contributed by atoms with Crippen LogP contribution in [0.25, 0.3) is 5.52 Å². The van der Waals surface area contributed by atoms with E-state index >= 15 is 0 Å². The van der Waals surface area contributed by atoms with E-state index in [2.05, 4.69) is 25.8 Å². The Morgan fingerprint density at radius 1 is 1.47 bits per heavy atom. The molecule has 0 fully saturated rings. The molecule has 2 aromatic heterocycles. The molecule has 0 saturated heterocycles. The molecule has 0 saturated carbocycles. The predicted octanol–water partition coefficient (Wildman–Crippen LogP) is 2.19. The number of carbonyl (C=O) groups excluding carboxylic acids is 1. The van der Waals surface area contributed by atoms with Gasteiger partial charge < -0.3 is 4.74 Å². The smallest absolute Gasteiger partial charge is 0.358 e. The minimum atomic E-state index is -0.428. The number of carbonyl (C=O) groups is 1. The van der Waals surface area contributed by atoms with Crippen LogP contribution in [0.1, 0.15) is 16.1 Å². The van der Waals surface area contributed by atoms with Gasteiger partial charge in [0.1, 0.15) is 4.60 Å². The third kappa shape index (κ3) is 1.74. The summed E-state index contributed by atoms with van der Waals surface area (Å²) in [5, 5.41) is 4.12. The van der Waals surface area contributed by atoms with Crippen molar-refractivity contribution in [2.24, 2.45) is 0 Å². The highest BCUT2D eigenvalue weighted by molar-refractivity contribution is 9.10. The zero-order chi connectivity index (χ0) is 11.0. The van der Waals surface area contributed by atoms with Crippen LogP contribution in [0.3, 0.4) is 0 Å². The molecule has 2 aromatic rings. The first-order chi connectivity index (χ1) is 7.11. The van der Waals surface area contributed by atoms with E-state index in [0.29, 0.717) is 5.69 Å². The first kappa shape index (κ1) is 10.2. The van der Waals surface area contributed by atoms with Crippen LogP contribution in [0.5, 0.6) is 0 Å². The van der Waals surface area contributed by atoms with Gasteiger partial charge in [-0.15, -0.1) is 0 Å². The van der Waals surface area contributed by atoms with Crippen molar-refractivity contribution in [3.8, 4) is 0 Å². The van der Waals surface area contributed by atoms with Crippen LogP contribution in [0.2, 0.25) is 0 Å². The molecule has 2 rings (SSSR count). The molecular weight excluding hydrogens is 260 g/mol. The zero-order valence-electron chi connectivity index (χ0n) is 8.32. The third-order valence-corrected chi connectivity index (χ3v) is 2.62. The Bertz CT molecular complexity index is 533. The molecule has 0 radical (unpaired) electrons. The van der Waals surface area contributed by atoms with Gasteiger partial charge >= 0.3 is 5.97 Å². The van der Waals surface area contributed by atoms with E-state index in [0.717, 1.165) is 15.7 Å². The number of esters is 1. The first-order valence-corrected chi connectivity index (χ1v) is 5.15. The molecule has 5 heteroatoms. The van der Waals surface area contributed by atoms with E-state index in [9.17, 15) is 4.79 Å². The topological polar surface area (TPSA) is 43.6 Å². The molecule has 0 amide bonds. The van der Waals surface area contributed by atoms with Crippen molar-refractivity contribution in [3.63, 3.8) is 0 Å². The number of nitrogens with zero attached hydrogens (tertiary/aromatic N) is 2. The highest BCUT2D eigenvalue weighted by Crippen LogP contribution is 2.17. The first-order valence-electron chi connectivity index (χ1n) is 4.36. The molecule has 0 bridgehead atoms. The van der Waals surface area contributed by atoms with E-state index in [-0.39, 0.29) is 0 Å². The van der Waals surface area contributed by atoms with Gasteiger partial charge in [0.05, 0.1) is 12.6 Å². The van der Waals surface area contributed by atoms with E-state index < -0.39 is 5.97 Å². The second-order valence-electron chi connectivity index (χ2n) is 3.21. The summed E-state index contributed by atoms with van der Waals surface area (Å²) in [6.45, 7) is 1.98. The highest BCUT2D eigenvalue weighted by Gasteiger charge is 2.12. The largest absolute Gasteiger partial charge is 0.464 e. The number of methoxy groups -OCH3 is 1. The lowest BCUT2D eigenvalue weighted by atomic mass is 10.2. The van der Waals surface area contributed by atoms with Gasteiger partial charge in [-0.2, -0.15) is 5.10 Å². The van der Waals surface area contributed by atoms with Crippen LogP contribution in [-0.4, -0.2) is 22.7 Å². The Morgan fingerprint density at radius 3 is 2.87 bits per heavy atom. The molecule has 0 spiro atoms. The van der Waals surface area contributed by atoms with Crippen molar-refractivity contribution >= 4 is 27.4 Å². The fourth-order valence-corrected chi connectivity index (χ4v) is 2.04. The SMILES string of the molecule is COC(=O)c1cc2cc(C)cc(Br)n2n1. The van der Waals surface area contributed by atoms with Gasteiger partial charge in [0.25, 0.3) is 0 Å². The minimum Gasteiger partial charge on any atom is -0.464 e. The average molecular weight is 269 g/mol. The van der Waals surface area contributed by atoms with Crippen molar-refractivity contribution in [1.29, 1.82) is 0 Å².